The first-order valence-corrected chi connectivity index (χ1v) is 4.72. The van der Waals surface area contributed by atoms with Crippen molar-refractivity contribution in [3.05, 3.63) is 12.7 Å². The van der Waals surface area contributed by atoms with Crippen molar-refractivity contribution in [3.63, 3.8) is 0 Å². The molecule has 0 aromatic rings. The molecule has 0 saturated heterocycles. The average molecular weight is 152 g/mol. The Labute approximate surface area is 73.5 Å². The van der Waals surface area contributed by atoms with Gasteiger partial charge in [0.1, 0.15) is 0 Å². The van der Waals surface area contributed by atoms with Crippen molar-refractivity contribution < 1.29 is 0 Å². The third-order valence-corrected chi connectivity index (χ3v) is 1.36. The molecule has 0 amide bonds. The van der Waals surface area contributed by atoms with Gasteiger partial charge in [0, 0.05) is 0 Å². The second kappa shape index (κ2) is 16.4. The number of hydrogen-bond donors (Lipinski definition) is 0. The molecule has 11 heavy (non-hydrogen) atoms. The first kappa shape index (κ1) is 13.4. The van der Waals surface area contributed by atoms with Crippen LogP contribution < -0.4 is 0 Å². The molecule has 0 aromatic heterocycles. The van der Waals surface area contributed by atoms with E-state index in [1.54, 1.807) is 0 Å². The largest absolute Gasteiger partial charge is 0.103 e. The molecule has 0 rings (SSSR count). The Morgan fingerprint density at radius 1 is 1.09 bits per heavy atom. The van der Waals surface area contributed by atoms with Crippen LogP contribution in [0.25, 0.3) is 0 Å². The summed E-state index contributed by atoms with van der Waals surface area (Å²) in [5, 5.41) is 0. The van der Waals surface area contributed by atoms with Gasteiger partial charge in [0.2, 0.25) is 0 Å². The van der Waals surface area contributed by atoms with E-state index in [4.69, 9.17) is 7.85 Å². The zero-order valence-corrected chi connectivity index (χ0v) is 8.10. The molecule has 2 radical (unpaired) electrons. The van der Waals surface area contributed by atoms with Crippen LogP contribution in [0.4, 0.5) is 0 Å². The molecule has 0 aliphatic carbocycles. The van der Waals surface area contributed by atoms with E-state index in [-0.39, 0.29) is 0 Å². The van der Waals surface area contributed by atoms with Gasteiger partial charge in [-0.2, -0.15) is 0 Å². The van der Waals surface area contributed by atoms with Gasteiger partial charge in [-0.15, -0.1) is 6.58 Å². The molecule has 0 atom stereocenters. The second-order valence-corrected chi connectivity index (χ2v) is 2.28. The zero-order valence-electron chi connectivity index (χ0n) is 8.10. The SMILES string of the molecule is CC.[B]CCCCCCC=C. The third kappa shape index (κ3) is 17.7. The van der Waals surface area contributed by atoms with Gasteiger partial charge < -0.3 is 0 Å². The van der Waals surface area contributed by atoms with Crippen LogP contribution in [0.3, 0.4) is 0 Å². The number of unbranched alkanes of at least 4 members (excludes halogenated alkanes) is 4. The summed E-state index contributed by atoms with van der Waals surface area (Å²) >= 11 is 0. The van der Waals surface area contributed by atoms with Crippen LogP contribution in [-0.2, 0) is 0 Å². The maximum absolute atomic E-state index is 5.32. The fourth-order valence-corrected chi connectivity index (χ4v) is 0.787. The van der Waals surface area contributed by atoms with Crippen LogP contribution in [-0.4, -0.2) is 7.85 Å². The monoisotopic (exact) mass is 152 g/mol. The van der Waals surface area contributed by atoms with Gasteiger partial charge in [0.15, 0.2) is 0 Å². The lowest BCUT2D eigenvalue weighted by Gasteiger charge is -1.94. The van der Waals surface area contributed by atoms with Gasteiger partial charge in [-0.25, -0.2) is 0 Å². The minimum atomic E-state index is 0.841. The summed E-state index contributed by atoms with van der Waals surface area (Å²) in [6.45, 7) is 7.65. The fraction of sp³-hybridized carbons (Fsp3) is 0.800. The third-order valence-electron chi connectivity index (χ3n) is 1.36. The molecule has 0 N–H and O–H groups in total. The molecule has 64 valence electrons. The van der Waals surface area contributed by atoms with E-state index in [0.29, 0.717) is 0 Å². The fourth-order valence-electron chi connectivity index (χ4n) is 0.787. The summed E-state index contributed by atoms with van der Waals surface area (Å²) in [4.78, 5) is 0. The minimum absolute atomic E-state index is 0.841. The van der Waals surface area contributed by atoms with Crippen molar-refractivity contribution in [3.8, 4) is 0 Å². The molecule has 0 aliphatic heterocycles. The van der Waals surface area contributed by atoms with Crippen molar-refractivity contribution in [2.24, 2.45) is 0 Å². The maximum Gasteiger partial charge on any atom is 0.0653 e. The lowest BCUT2D eigenvalue weighted by molar-refractivity contribution is 0.674. The minimum Gasteiger partial charge on any atom is -0.103 e. The van der Waals surface area contributed by atoms with Crippen LogP contribution >= 0.6 is 0 Å². The van der Waals surface area contributed by atoms with E-state index in [2.05, 4.69) is 6.58 Å². The van der Waals surface area contributed by atoms with Crippen LogP contribution in [0.1, 0.15) is 46.0 Å². The summed E-state index contributed by atoms with van der Waals surface area (Å²) in [5.41, 5.74) is 0. The highest BCUT2D eigenvalue weighted by molar-refractivity contribution is 6.08. The highest BCUT2D eigenvalue weighted by atomic mass is 13.9. The molecular formula is C10H21B. The van der Waals surface area contributed by atoms with Gasteiger partial charge in [-0.05, 0) is 12.8 Å². The Morgan fingerprint density at radius 3 is 2.09 bits per heavy atom. The predicted molar refractivity (Wildman–Crippen MR) is 55.2 cm³/mol. The van der Waals surface area contributed by atoms with E-state index in [0.717, 1.165) is 12.7 Å². The molecule has 0 saturated carbocycles. The lowest BCUT2D eigenvalue weighted by Crippen LogP contribution is -1.76. The molecule has 0 spiro atoms. The van der Waals surface area contributed by atoms with E-state index < -0.39 is 0 Å². The zero-order chi connectivity index (χ0) is 8.95. The van der Waals surface area contributed by atoms with Crippen molar-refractivity contribution in [1.82, 2.24) is 0 Å². The highest BCUT2D eigenvalue weighted by Crippen LogP contribution is 2.03. The van der Waals surface area contributed by atoms with Crippen molar-refractivity contribution >= 4 is 7.85 Å². The van der Waals surface area contributed by atoms with Gasteiger partial charge in [-0.1, -0.05) is 45.5 Å². The summed E-state index contributed by atoms with van der Waals surface area (Å²) in [5.74, 6) is 0. The summed E-state index contributed by atoms with van der Waals surface area (Å²) in [6.07, 6.45) is 9.02. The maximum atomic E-state index is 5.32. The topological polar surface area (TPSA) is 0 Å². The number of allylic oxidation sites excluding steroid dienone is 1. The van der Waals surface area contributed by atoms with Gasteiger partial charge >= 0.3 is 0 Å². The molecule has 0 nitrogen and oxygen atoms in total. The predicted octanol–water partition coefficient (Wildman–Crippen LogP) is 3.74. The first-order valence-electron chi connectivity index (χ1n) is 4.72. The Kier molecular flexibility index (Phi) is 20.0. The van der Waals surface area contributed by atoms with Crippen LogP contribution in [0, 0.1) is 0 Å². The quantitative estimate of drug-likeness (QED) is 0.309. The van der Waals surface area contributed by atoms with Gasteiger partial charge in [0.05, 0.1) is 7.85 Å². The molecule has 0 heterocycles. The number of hydrogen-bond acceptors (Lipinski definition) is 0. The molecular weight excluding hydrogens is 131 g/mol. The molecule has 0 unspecified atom stereocenters. The normalized spacial score (nSPS) is 8.18. The van der Waals surface area contributed by atoms with Crippen molar-refractivity contribution in [2.75, 3.05) is 0 Å². The average Bonchev–Trinajstić information content (AvgIpc) is 2.08. The van der Waals surface area contributed by atoms with Crippen LogP contribution in [0.15, 0.2) is 12.7 Å². The molecule has 0 aliphatic rings. The molecule has 0 bridgehead atoms. The highest BCUT2D eigenvalue weighted by Gasteiger charge is 1.84. The smallest absolute Gasteiger partial charge is 0.0653 e. The van der Waals surface area contributed by atoms with E-state index in [1.807, 2.05) is 19.9 Å². The Hall–Kier alpha value is -0.195. The lowest BCUT2D eigenvalue weighted by atomic mass is 9.99. The summed E-state index contributed by atoms with van der Waals surface area (Å²) < 4.78 is 0. The van der Waals surface area contributed by atoms with E-state index in [9.17, 15) is 0 Å². The first-order chi connectivity index (χ1) is 5.41. The van der Waals surface area contributed by atoms with E-state index >= 15 is 0 Å². The summed E-state index contributed by atoms with van der Waals surface area (Å²) in [7, 11) is 5.32. The standard InChI is InChI=1S/C8H15B.C2H6/c1-2-3-4-5-6-7-8-9;1-2/h2H,1,3-8H2;1-2H3. The summed E-state index contributed by atoms with van der Waals surface area (Å²) in [6, 6.07) is 0. The van der Waals surface area contributed by atoms with E-state index in [1.165, 1.54) is 25.7 Å². The Balaban J connectivity index is 0. The molecule has 0 aromatic carbocycles. The number of rotatable bonds is 6. The Bertz CT molecular complexity index is 59.9. The van der Waals surface area contributed by atoms with Crippen LogP contribution in [0.2, 0.25) is 6.32 Å². The van der Waals surface area contributed by atoms with Gasteiger partial charge in [0.25, 0.3) is 0 Å². The Morgan fingerprint density at radius 2 is 1.64 bits per heavy atom. The van der Waals surface area contributed by atoms with Crippen molar-refractivity contribution in [1.29, 1.82) is 0 Å². The van der Waals surface area contributed by atoms with Crippen LogP contribution in [0.5, 0.6) is 0 Å². The molecule has 1 heteroatoms. The van der Waals surface area contributed by atoms with Gasteiger partial charge in [-0.3, -0.25) is 0 Å². The van der Waals surface area contributed by atoms with Crippen molar-refractivity contribution in [2.45, 2.75) is 52.3 Å². The molecule has 0 fully saturated rings. The second-order valence-electron chi connectivity index (χ2n) is 2.28.